The topological polar surface area (TPSA) is 46.4 Å². The molecule has 3 heterocycles. The number of carbonyl (C=O) groups excluding carboxylic acids is 1. The summed E-state index contributed by atoms with van der Waals surface area (Å²) in [5.74, 6) is -1.21. The monoisotopic (exact) mass is 504 g/mol. The van der Waals surface area contributed by atoms with Crippen LogP contribution in [0, 0.1) is 0 Å². The van der Waals surface area contributed by atoms with Crippen LogP contribution in [-0.4, -0.2) is 62.9 Å². The first-order valence-electron chi connectivity index (χ1n) is 12.0. The molecule has 186 valence electrons. The summed E-state index contributed by atoms with van der Waals surface area (Å²) < 4.78 is 29.2. The van der Waals surface area contributed by atoms with Gasteiger partial charge in [0.05, 0.1) is 19.1 Å². The SMILES string of the molecule is C.C[Si]1(C)C2=CC(=[N+]3CC(F)C3)C=CC2=C(c2ccccc2C(=O)[O-])c2ccc(N3CC(F)C3)cc21. The maximum absolute atomic E-state index is 13.6. The molecule has 0 radical (unpaired) electrons. The summed E-state index contributed by atoms with van der Waals surface area (Å²) >= 11 is 0. The second-order valence-electron chi connectivity index (χ2n) is 10.3. The van der Waals surface area contributed by atoms with Crippen LogP contribution in [0.3, 0.4) is 0 Å². The van der Waals surface area contributed by atoms with E-state index in [0.29, 0.717) is 31.7 Å². The highest BCUT2D eigenvalue weighted by atomic mass is 28.3. The van der Waals surface area contributed by atoms with Crippen molar-refractivity contribution in [2.75, 3.05) is 31.1 Å². The van der Waals surface area contributed by atoms with Crippen molar-refractivity contribution < 1.29 is 23.3 Å². The number of alkyl halides is 2. The highest BCUT2D eigenvalue weighted by Gasteiger charge is 2.42. The Kier molecular flexibility index (Phi) is 5.86. The number of hydrogen-bond acceptors (Lipinski definition) is 3. The van der Waals surface area contributed by atoms with Crippen molar-refractivity contribution in [1.29, 1.82) is 0 Å². The molecule has 0 amide bonds. The first kappa shape index (κ1) is 24.4. The van der Waals surface area contributed by atoms with Crippen molar-refractivity contribution in [1.82, 2.24) is 0 Å². The standard InChI is InChI=1S/C28H26F2N2O2Si.CH4/c1-35(2)25-11-19(31-13-17(29)14-31)7-9-23(25)27(21-5-3-4-6-22(21)28(33)34)24-10-8-20(12-26(24)35)32-15-18(30)16-32;/h3-12,17-18H,13-16H2,1-2H3;1H4. The zero-order valence-electron chi connectivity index (χ0n) is 19.7. The van der Waals surface area contributed by atoms with E-state index in [1.54, 1.807) is 12.1 Å². The van der Waals surface area contributed by atoms with Gasteiger partial charge in [-0.3, -0.25) is 0 Å². The van der Waals surface area contributed by atoms with Gasteiger partial charge < -0.3 is 14.8 Å². The van der Waals surface area contributed by atoms with E-state index in [0.717, 1.165) is 28.1 Å². The average molecular weight is 505 g/mol. The molecule has 7 heteroatoms. The third-order valence-electron chi connectivity index (χ3n) is 7.71. The number of carboxylic acid groups (broad SMARTS) is 1. The molecule has 0 saturated carbocycles. The van der Waals surface area contributed by atoms with Crippen LogP contribution in [-0.2, 0) is 0 Å². The van der Waals surface area contributed by atoms with Gasteiger partial charge in [0.25, 0.3) is 0 Å². The van der Waals surface area contributed by atoms with Crippen LogP contribution in [0.25, 0.3) is 5.57 Å². The summed E-state index contributed by atoms with van der Waals surface area (Å²) in [7, 11) is -2.24. The second-order valence-corrected chi connectivity index (χ2v) is 14.6. The lowest BCUT2D eigenvalue weighted by molar-refractivity contribution is -0.599. The lowest BCUT2D eigenvalue weighted by Gasteiger charge is -2.41. The van der Waals surface area contributed by atoms with Crippen molar-refractivity contribution in [2.24, 2.45) is 0 Å². The van der Waals surface area contributed by atoms with Gasteiger partial charge in [0.2, 0.25) is 6.17 Å². The summed E-state index contributed by atoms with van der Waals surface area (Å²) in [6.45, 7) is 6.16. The van der Waals surface area contributed by atoms with Crippen molar-refractivity contribution in [3.8, 4) is 0 Å². The van der Waals surface area contributed by atoms with E-state index in [2.05, 4.69) is 37.4 Å². The summed E-state index contributed by atoms with van der Waals surface area (Å²) in [6.07, 6.45) is 4.65. The summed E-state index contributed by atoms with van der Waals surface area (Å²) in [5, 5.41) is 14.4. The number of aromatic carboxylic acids is 1. The Labute approximate surface area is 211 Å². The van der Waals surface area contributed by atoms with Gasteiger partial charge in [0, 0.05) is 23.4 Å². The number of halogens is 2. The van der Waals surface area contributed by atoms with Gasteiger partial charge in [0.15, 0.2) is 18.8 Å². The van der Waals surface area contributed by atoms with Gasteiger partial charge in [0.1, 0.15) is 14.2 Å². The number of carbonyl (C=O) groups is 1. The van der Waals surface area contributed by atoms with Crippen molar-refractivity contribution >= 4 is 36.2 Å². The fraction of sp³-hybridized carbons (Fsp3) is 0.310. The minimum atomic E-state index is -2.24. The first-order chi connectivity index (χ1) is 16.7. The molecule has 36 heavy (non-hydrogen) atoms. The number of nitrogens with zero attached hydrogens (tertiary/aromatic N) is 2. The third kappa shape index (κ3) is 3.68. The molecule has 0 unspecified atom stereocenters. The Morgan fingerprint density at radius 1 is 1.03 bits per heavy atom. The Balaban J connectivity index is 0.00000267. The Hall–Kier alpha value is -3.32. The van der Waals surface area contributed by atoms with Crippen LogP contribution < -0.4 is 15.2 Å². The molecule has 0 aromatic heterocycles. The normalized spacial score (nSPS) is 22.2. The van der Waals surface area contributed by atoms with Crippen molar-refractivity contribution in [2.45, 2.75) is 32.9 Å². The van der Waals surface area contributed by atoms with E-state index in [-0.39, 0.29) is 13.0 Å². The molecule has 2 saturated heterocycles. The van der Waals surface area contributed by atoms with Gasteiger partial charge in [-0.1, -0.05) is 50.9 Å². The number of fused-ring (bicyclic) bond motifs is 2. The molecule has 3 aliphatic heterocycles. The summed E-state index contributed by atoms with van der Waals surface area (Å²) in [4.78, 5) is 14.1. The molecule has 0 atom stereocenters. The Morgan fingerprint density at radius 3 is 2.42 bits per heavy atom. The molecular formula is C29H30F2N2O2Si. The second kappa shape index (κ2) is 8.66. The predicted molar refractivity (Wildman–Crippen MR) is 141 cm³/mol. The van der Waals surface area contributed by atoms with Gasteiger partial charge in [-0.2, -0.15) is 0 Å². The molecule has 0 N–H and O–H groups in total. The molecule has 0 bridgehead atoms. The fourth-order valence-electron chi connectivity index (χ4n) is 5.66. The maximum atomic E-state index is 13.6. The molecule has 6 rings (SSSR count). The average Bonchev–Trinajstić information content (AvgIpc) is 2.80. The lowest BCUT2D eigenvalue weighted by atomic mass is 9.87. The maximum Gasteiger partial charge on any atom is 0.216 e. The molecular weight excluding hydrogens is 474 g/mol. The van der Waals surface area contributed by atoms with E-state index in [4.69, 9.17) is 0 Å². The zero-order chi connectivity index (χ0) is 24.5. The van der Waals surface area contributed by atoms with Crippen LogP contribution in [0.2, 0.25) is 13.1 Å². The molecule has 2 fully saturated rings. The lowest BCUT2D eigenvalue weighted by Crippen LogP contribution is -2.52. The highest BCUT2D eigenvalue weighted by molar-refractivity contribution is 6.98. The fourth-order valence-corrected chi connectivity index (χ4v) is 8.73. The van der Waals surface area contributed by atoms with Gasteiger partial charge >= 0.3 is 0 Å². The number of rotatable bonds is 3. The minimum Gasteiger partial charge on any atom is -0.545 e. The third-order valence-corrected chi connectivity index (χ3v) is 11.2. The van der Waals surface area contributed by atoms with E-state index in [1.807, 2.05) is 33.8 Å². The molecule has 4 aliphatic rings. The zero-order valence-corrected chi connectivity index (χ0v) is 20.7. The molecule has 1 aliphatic carbocycles. The number of allylic oxidation sites excluding steroid dienone is 5. The number of benzene rings is 2. The quantitative estimate of drug-likeness (QED) is 0.476. The number of anilines is 1. The summed E-state index contributed by atoms with van der Waals surface area (Å²) in [6, 6.07) is 13.2. The number of carboxylic acids is 1. The van der Waals surface area contributed by atoms with E-state index in [1.165, 1.54) is 10.4 Å². The predicted octanol–water partition coefficient (Wildman–Crippen LogP) is 3.42. The Morgan fingerprint density at radius 2 is 1.75 bits per heavy atom. The van der Waals surface area contributed by atoms with E-state index < -0.39 is 26.4 Å². The van der Waals surface area contributed by atoms with Crippen LogP contribution in [0.4, 0.5) is 14.5 Å². The van der Waals surface area contributed by atoms with Gasteiger partial charge in [-0.15, -0.1) is 0 Å². The molecule has 4 nitrogen and oxygen atoms in total. The highest BCUT2D eigenvalue weighted by Crippen LogP contribution is 2.43. The van der Waals surface area contributed by atoms with E-state index >= 15 is 0 Å². The van der Waals surface area contributed by atoms with Crippen LogP contribution >= 0.6 is 0 Å². The van der Waals surface area contributed by atoms with Crippen LogP contribution in [0.1, 0.15) is 28.9 Å². The Bertz CT molecular complexity index is 1390. The van der Waals surface area contributed by atoms with Gasteiger partial charge in [-0.25, -0.2) is 13.4 Å². The minimum absolute atomic E-state index is 0. The molecule has 0 spiro atoms. The summed E-state index contributed by atoms with van der Waals surface area (Å²) in [5.41, 5.74) is 5.68. The van der Waals surface area contributed by atoms with Crippen molar-refractivity contribution in [3.63, 3.8) is 0 Å². The van der Waals surface area contributed by atoms with Crippen molar-refractivity contribution in [3.05, 3.63) is 88.2 Å². The molecule has 2 aromatic rings. The smallest absolute Gasteiger partial charge is 0.216 e. The van der Waals surface area contributed by atoms with E-state index in [9.17, 15) is 18.7 Å². The number of hydrogen-bond donors (Lipinski definition) is 0. The first-order valence-corrected chi connectivity index (χ1v) is 15.0. The largest absolute Gasteiger partial charge is 0.545 e. The van der Waals surface area contributed by atoms with Crippen LogP contribution in [0.15, 0.2) is 71.5 Å². The van der Waals surface area contributed by atoms with Gasteiger partial charge in [-0.05, 0) is 50.9 Å². The molecule has 2 aromatic carbocycles. The van der Waals surface area contributed by atoms with Crippen LogP contribution in [0.5, 0.6) is 0 Å².